The number of anilines is 2. The van der Waals surface area contributed by atoms with Gasteiger partial charge in [0.15, 0.2) is 5.82 Å². The van der Waals surface area contributed by atoms with Gasteiger partial charge in [0.05, 0.1) is 54.3 Å². The number of hydrogen-bond donors (Lipinski definition) is 9. The number of aromatic carboxylic acids is 1. The third-order valence-corrected chi connectivity index (χ3v) is 20.7. The maximum absolute atomic E-state index is 14.4. The van der Waals surface area contributed by atoms with Crippen LogP contribution in [0.2, 0.25) is 0 Å². The lowest BCUT2D eigenvalue weighted by atomic mass is 9.87. The van der Waals surface area contributed by atoms with Crippen LogP contribution in [0.1, 0.15) is 143 Å². The van der Waals surface area contributed by atoms with Crippen LogP contribution >= 0.6 is 68.0 Å². The predicted molar refractivity (Wildman–Crippen MR) is 344 cm³/mol. The Morgan fingerprint density at radius 3 is 2.14 bits per heavy atom. The van der Waals surface area contributed by atoms with Crippen molar-refractivity contribution in [1.82, 2.24) is 71.4 Å². The van der Waals surface area contributed by atoms with Crippen molar-refractivity contribution in [1.29, 1.82) is 0 Å². The molecule has 6 amide bonds. The molecule has 9 N–H and O–H groups in total. The van der Waals surface area contributed by atoms with Crippen molar-refractivity contribution in [2.24, 2.45) is 11.8 Å². The zero-order chi connectivity index (χ0) is 65.8. The van der Waals surface area contributed by atoms with Gasteiger partial charge in [-0.3, -0.25) is 28.8 Å². The number of aromatic nitrogens is 9. The third-order valence-electron chi connectivity index (χ3n) is 14.9. The van der Waals surface area contributed by atoms with Crippen molar-refractivity contribution >= 4 is 127 Å². The van der Waals surface area contributed by atoms with Crippen LogP contribution in [0.4, 0.5) is 16.4 Å². The molecule has 8 aromatic heterocycles. The first-order valence-electron chi connectivity index (χ1n) is 28.7. The Balaban J connectivity index is 0.985. The van der Waals surface area contributed by atoms with Crippen molar-refractivity contribution in [3.63, 3.8) is 0 Å². The van der Waals surface area contributed by atoms with Crippen molar-refractivity contribution in [3.8, 4) is 43.4 Å². The summed E-state index contributed by atoms with van der Waals surface area (Å²) in [5, 5.41) is 53.8. The van der Waals surface area contributed by atoms with Crippen LogP contribution < -0.4 is 31.5 Å². The lowest BCUT2D eigenvalue weighted by Crippen LogP contribution is -2.40. The summed E-state index contributed by atoms with van der Waals surface area (Å²) in [5.74, 6) is -6.76. The van der Waals surface area contributed by atoms with E-state index < -0.39 is 96.2 Å². The van der Waals surface area contributed by atoms with Gasteiger partial charge < -0.3 is 56.4 Å². The van der Waals surface area contributed by atoms with E-state index in [9.17, 15) is 53.7 Å². The monoisotopic (exact) mass is 1380 g/mol. The van der Waals surface area contributed by atoms with E-state index in [1.54, 1.807) is 60.1 Å². The van der Waals surface area contributed by atoms with Crippen molar-refractivity contribution in [3.05, 3.63) is 123 Å². The van der Waals surface area contributed by atoms with Crippen LogP contribution in [0.15, 0.2) is 70.2 Å². The summed E-state index contributed by atoms with van der Waals surface area (Å²) in [6.45, 7) is 4.85. The number of aryl methyl sites for hydroxylation is 1. The molecule has 34 heteroatoms. The number of rotatable bonds is 13. The van der Waals surface area contributed by atoms with Gasteiger partial charge in [-0.15, -0.1) is 68.0 Å². The van der Waals surface area contributed by atoms with Crippen LogP contribution in [0.3, 0.4) is 0 Å². The standard InChI is InChI=1S/C59H57N15O13S6/c1-25(2)41-56-73-44(36(93-56)20-86-5)49(79)62-19-40(76)70-45(46(77)27-9-7-6-8-10-27)55-67-35(23-90-55)53-65-33(21-89-53)43-30(51-66-34(22-88-51)48(78)64-32(17-39(75)60-4)54-72-42(26(3)92-54)50(80)71-41)15-16-31(63-43)52-69-38(24-91-52)74(37-18-61-47(68-37)58(83)84)59(85)87-29-13-11-28(12-14-29)57(81)82/h6-10,15-16,18,21-25,28-29,32,41,45-46,77H,11-14,17,19-20H2,1-5H3,(H,60,75)(H,61,68)(H,62,79)(H,64,78)(H,70,76)(H,71,80)(H,81,82)(H,83,84)/t28?,29?,32-,41?,45-,46-/m0/s1. The number of methoxy groups -OCH3 is 1. The van der Waals surface area contributed by atoms with Gasteiger partial charge in [0, 0.05) is 46.1 Å². The molecule has 482 valence electrons. The fraction of sp³-hybridized carbons (Fsp3) is 0.322. The van der Waals surface area contributed by atoms with Gasteiger partial charge in [-0.25, -0.2) is 54.4 Å². The zero-order valence-corrected chi connectivity index (χ0v) is 54.7. The largest absolute Gasteiger partial charge is 0.481 e. The highest BCUT2D eigenvalue weighted by atomic mass is 32.1. The maximum atomic E-state index is 14.4. The zero-order valence-electron chi connectivity index (χ0n) is 49.8. The van der Waals surface area contributed by atoms with Gasteiger partial charge in [0.2, 0.25) is 17.6 Å². The number of thiazole rings is 6. The van der Waals surface area contributed by atoms with Crippen LogP contribution in [-0.4, -0.2) is 135 Å². The summed E-state index contributed by atoms with van der Waals surface area (Å²) in [6.07, 6.45) is -0.860. The predicted octanol–water partition coefficient (Wildman–Crippen LogP) is 8.65. The number of aromatic amines is 1. The number of nitrogens with zero attached hydrogens (tertiary/aromatic N) is 9. The minimum atomic E-state index is -1.39. The Morgan fingerprint density at radius 2 is 1.42 bits per heavy atom. The summed E-state index contributed by atoms with van der Waals surface area (Å²) in [6, 6.07) is 9.10. The van der Waals surface area contributed by atoms with Gasteiger partial charge in [0.1, 0.15) is 88.3 Å². The van der Waals surface area contributed by atoms with Crippen molar-refractivity contribution in [2.75, 3.05) is 25.6 Å². The first-order chi connectivity index (χ1) is 44.7. The summed E-state index contributed by atoms with van der Waals surface area (Å²) in [5.41, 5.74) is 2.09. The van der Waals surface area contributed by atoms with Crippen LogP contribution in [-0.2, 0) is 30.5 Å². The van der Waals surface area contributed by atoms with Crippen LogP contribution in [0.5, 0.6) is 0 Å². The van der Waals surface area contributed by atoms with E-state index in [0.29, 0.717) is 52.3 Å². The van der Waals surface area contributed by atoms with Gasteiger partial charge in [0.25, 0.3) is 17.7 Å². The van der Waals surface area contributed by atoms with Gasteiger partial charge in [-0.05, 0) is 56.2 Å². The van der Waals surface area contributed by atoms with E-state index in [-0.39, 0.29) is 94.7 Å². The molecule has 9 heterocycles. The summed E-state index contributed by atoms with van der Waals surface area (Å²) >= 11 is 6.83. The summed E-state index contributed by atoms with van der Waals surface area (Å²) in [7, 11) is 2.91. The molecular formula is C59H57N15O13S6. The fourth-order valence-electron chi connectivity index (χ4n) is 10.2. The number of H-pyrrole nitrogens is 1. The molecule has 11 rings (SSSR count). The Labute approximate surface area is 552 Å². The normalized spacial score (nSPS) is 18.3. The number of fused-ring (bicyclic) bond motifs is 14. The number of carboxylic acids is 2. The van der Waals surface area contributed by atoms with Crippen LogP contribution in [0, 0.1) is 18.8 Å². The van der Waals surface area contributed by atoms with Gasteiger partial charge in [-0.1, -0.05) is 44.2 Å². The highest BCUT2D eigenvalue weighted by Crippen LogP contribution is 2.41. The number of nitrogens with one attached hydrogen (secondary N) is 6. The first kappa shape index (κ1) is 65.3. The molecule has 2 aliphatic rings. The van der Waals surface area contributed by atoms with Gasteiger partial charge in [-0.2, -0.15) is 0 Å². The molecule has 1 aromatic carbocycles. The number of amides is 6. The second-order valence-electron chi connectivity index (χ2n) is 21.6. The maximum Gasteiger partial charge on any atom is 0.421 e. The lowest BCUT2D eigenvalue weighted by molar-refractivity contribution is -0.143. The minimum Gasteiger partial charge on any atom is -0.481 e. The fourth-order valence-corrected chi connectivity index (χ4v) is 15.7. The average molecular weight is 1380 g/mol. The number of imidazole rings is 1. The molecule has 0 saturated heterocycles. The number of aliphatic hydroxyl groups excluding tert-OH is 1. The molecule has 28 nitrogen and oxygen atoms in total. The molecule has 0 spiro atoms. The molecule has 1 fully saturated rings. The smallest absolute Gasteiger partial charge is 0.421 e. The summed E-state index contributed by atoms with van der Waals surface area (Å²) in [4.78, 5) is 150. The Morgan fingerprint density at radius 1 is 0.710 bits per heavy atom. The molecule has 1 saturated carbocycles. The SMILES string of the molecule is CNC(=O)C[C@@H]1NC(=O)c2csc(n2)-c2ccc(-c3nc(N(C(=O)OC4CCC(C(=O)O)CC4)c4cnc(C(=O)O)[nH]4)cs3)nc2-c2csc(n2)-c2csc(n2)[C@H]([C@@H](O)c2ccccc2)NC(=O)CNC(=O)c2nc(sc2COC)C(C(C)C)NC(=O)c2nc1sc2C. The molecule has 10 bridgehead atoms. The van der Waals surface area contributed by atoms with Crippen molar-refractivity contribution in [2.45, 2.75) is 89.8 Å². The number of aliphatic carboxylic acids is 1. The molecule has 93 heavy (non-hydrogen) atoms. The molecule has 9 aromatic rings. The Hall–Kier alpha value is -9.16. The number of pyridine rings is 1. The molecule has 0 radical (unpaired) electrons. The number of hydrogen-bond acceptors (Lipinski definition) is 25. The minimum absolute atomic E-state index is 0.0106. The van der Waals surface area contributed by atoms with Gasteiger partial charge >= 0.3 is 18.0 Å². The van der Waals surface area contributed by atoms with E-state index in [1.165, 1.54) is 36.3 Å². The van der Waals surface area contributed by atoms with E-state index >= 15 is 0 Å². The highest BCUT2D eigenvalue weighted by molar-refractivity contribution is 7.15. The first-order valence-corrected chi connectivity index (χ1v) is 33.8. The number of carbonyl (C=O) groups is 8. The Bertz CT molecular complexity index is 4300. The average Bonchev–Trinajstić information content (AvgIpc) is 1.71. The molecular weight excluding hydrogens is 1320 g/mol. The second-order valence-corrected chi connectivity index (χ2v) is 27.4. The quantitative estimate of drug-likeness (QED) is 0.0521. The topological polar surface area (TPSA) is 398 Å². The lowest BCUT2D eigenvalue weighted by Gasteiger charge is -2.28. The second kappa shape index (κ2) is 28.4. The van der Waals surface area contributed by atoms with E-state index in [4.69, 9.17) is 39.4 Å². The molecule has 1 aliphatic heterocycles. The van der Waals surface area contributed by atoms with E-state index in [2.05, 4.69) is 41.5 Å². The number of benzene rings is 1. The van der Waals surface area contributed by atoms with E-state index in [1.807, 2.05) is 13.8 Å². The van der Waals surface area contributed by atoms with E-state index in [0.717, 1.165) is 67.8 Å². The number of carboxylic acid groups (broad SMARTS) is 2. The molecule has 4 atom stereocenters. The third kappa shape index (κ3) is 14.6. The Kier molecular flexibility index (Phi) is 19.9. The van der Waals surface area contributed by atoms with Crippen LogP contribution in [0.25, 0.3) is 43.4 Å². The number of aliphatic hydroxyl groups is 1. The number of carbonyl (C=O) groups excluding carboxylic acids is 6. The molecule has 1 aliphatic carbocycles. The highest BCUT2D eigenvalue weighted by Gasteiger charge is 2.35. The number of ether oxygens (including phenoxy) is 2. The molecule has 1 unspecified atom stereocenters. The van der Waals surface area contributed by atoms with Crippen molar-refractivity contribution < 1.29 is 63.1 Å². The summed E-state index contributed by atoms with van der Waals surface area (Å²) < 4.78 is 11.3.